The Morgan fingerprint density at radius 2 is 1.79 bits per heavy atom. The van der Waals surface area contributed by atoms with Crippen molar-refractivity contribution < 1.29 is 19.0 Å². The van der Waals surface area contributed by atoms with Crippen molar-refractivity contribution in [1.29, 1.82) is 0 Å². The minimum absolute atomic E-state index is 0.301. The second-order valence-corrected chi connectivity index (χ2v) is 6.62. The minimum Gasteiger partial charge on any atom is -0.493 e. The van der Waals surface area contributed by atoms with Gasteiger partial charge in [-0.1, -0.05) is 36.4 Å². The molecule has 1 heterocycles. The summed E-state index contributed by atoms with van der Waals surface area (Å²) in [6.07, 6.45) is 1.85. The van der Waals surface area contributed by atoms with Crippen molar-refractivity contribution in [3.63, 3.8) is 0 Å². The summed E-state index contributed by atoms with van der Waals surface area (Å²) in [5.41, 5.74) is 3.63. The molecule has 2 aromatic rings. The molecule has 0 spiro atoms. The van der Waals surface area contributed by atoms with E-state index in [1.165, 1.54) is 5.56 Å². The Morgan fingerprint density at radius 3 is 2.46 bits per heavy atom. The molecule has 0 amide bonds. The van der Waals surface area contributed by atoms with Crippen LogP contribution in [-0.2, 0) is 16.1 Å². The normalized spacial score (nSPS) is 15.3. The number of esters is 1. The van der Waals surface area contributed by atoms with Gasteiger partial charge in [0.2, 0.25) is 0 Å². The highest BCUT2D eigenvalue weighted by Crippen LogP contribution is 2.36. The van der Waals surface area contributed by atoms with Crippen LogP contribution in [0, 0.1) is 0 Å². The number of rotatable bonds is 7. The molecule has 1 saturated heterocycles. The Kier molecular flexibility index (Phi) is 6.58. The van der Waals surface area contributed by atoms with E-state index in [4.69, 9.17) is 14.2 Å². The predicted octanol–water partition coefficient (Wildman–Crippen LogP) is 4.27. The van der Waals surface area contributed by atoms with Crippen LogP contribution >= 0.6 is 0 Å². The van der Waals surface area contributed by atoms with Crippen molar-refractivity contribution >= 4 is 11.5 Å². The average Bonchev–Trinajstić information content (AvgIpc) is 3.16. The summed E-state index contributed by atoms with van der Waals surface area (Å²) in [5, 5.41) is 0. The molecule has 0 unspecified atom stereocenters. The van der Waals surface area contributed by atoms with Crippen LogP contribution in [0.4, 0.5) is 0 Å². The molecule has 1 aliphatic rings. The molecule has 0 bridgehead atoms. The van der Waals surface area contributed by atoms with Gasteiger partial charge in [0.25, 0.3) is 0 Å². The smallest absolute Gasteiger partial charge is 0.340 e. The number of methoxy groups -OCH3 is 2. The Hall–Kier alpha value is -2.95. The summed E-state index contributed by atoms with van der Waals surface area (Å²) in [7, 11) is 3.19. The van der Waals surface area contributed by atoms with Crippen molar-refractivity contribution in [3.8, 4) is 11.5 Å². The number of benzene rings is 2. The molecule has 0 radical (unpaired) electrons. The first-order valence-electron chi connectivity index (χ1n) is 9.59. The third-order valence-corrected chi connectivity index (χ3v) is 4.88. The summed E-state index contributed by atoms with van der Waals surface area (Å²) in [6.45, 7) is 3.85. The lowest BCUT2D eigenvalue weighted by atomic mass is 10.0. The molecular weight excluding hydrogens is 354 g/mol. The highest BCUT2D eigenvalue weighted by molar-refractivity contribution is 6.17. The Labute approximate surface area is 166 Å². The Morgan fingerprint density at radius 1 is 1.04 bits per heavy atom. The standard InChI is InChI=1S/C23H27NO4/c1-4-28-23(25)22(18-12-13-20(26-2)21(15-18)27-3)19-11-8-14-24(19)16-17-9-6-5-7-10-17/h5-7,9-10,12-13,15H,4,8,11,14,16H2,1-3H3/b22-19-. The summed E-state index contributed by atoms with van der Waals surface area (Å²) in [4.78, 5) is 15.2. The molecule has 0 atom stereocenters. The number of hydrogen-bond donors (Lipinski definition) is 0. The summed E-state index contributed by atoms with van der Waals surface area (Å²) in [6, 6.07) is 15.9. The summed E-state index contributed by atoms with van der Waals surface area (Å²) >= 11 is 0. The number of carbonyl (C=O) groups excluding carboxylic acids is 1. The first kappa shape index (κ1) is 19.8. The molecule has 0 aliphatic carbocycles. The number of likely N-dealkylation sites (tertiary alicyclic amines) is 1. The van der Waals surface area contributed by atoms with E-state index in [1.807, 2.05) is 43.3 Å². The molecule has 5 nitrogen and oxygen atoms in total. The monoisotopic (exact) mass is 381 g/mol. The molecule has 5 heteroatoms. The Balaban J connectivity index is 2.04. The largest absolute Gasteiger partial charge is 0.493 e. The zero-order chi connectivity index (χ0) is 19.9. The summed E-state index contributed by atoms with van der Waals surface area (Å²) < 4.78 is 16.2. The van der Waals surface area contributed by atoms with E-state index in [-0.39, 0.29) is 5.97 Å². The van der Waals surface area contributed by atoms with Gasteiger partial charge in [0.05, 0.1) is 26.4 Å². The lowest BCUT2D eigenvalue weighted by Crippen LogP contribution is -2.21. The van der Waals surface area contributed by atoms with Crippen LogP contribution in [0.5, 0.6) is 11.5 Å². The van der Waals surface area contributed by atoms with Gasteiger partial charge in [-0.15, -0.1) is 0 Å². The van der Waals surface area contributed by atoms with E-state index in [0.29, 0.717) is 23.7 Å². The van der Waals surface area contributed by atoms with Crippen LogP contribution in [0.25, 0.3) is 5.57 Å². The Bertz CT molecular complexity index is 845. The molecule has 0 aromatic heterocycles. The van der Waals surface area contributed by atoms with Gasteiger partial charge in [0, 0.05) is 18.8 Å². The van der Waals surface area contributed by atoms with Crippen molar-refractivity contribution in [2.24, 2.45) is 0 Å². The number of carbonyl (C=O) groups is 1. The molecule has 1 fully saturated rings. The van der Waals surface area contributed by atoms with Crippen molar-refractivity contribution in [3.05, 3.63) is 65.4 Å². The molecule has 1 aliphatic heterocycles. The van der Waals surface area contributed by atoms with Crippen LogP contribution in [0.3, 0.4) is 0 Å². The number of allylic oxidation sites excluding steroid dienone is 1. The zero-order valence-electron chi connectivity index (χ0n) is 16.7. The SMILES string of the molecule is CCOC(=O)/C(=C1/CCCN1Cc1ccccc1)c1ccc(OC)c(OC)c1. The number of ether oxygens (including phenoxy) is 3. The van der Waals surface area contributed by atoms with Gasteiger partial charge in [0.15, 0.2) is 11.5 Å². The number of hydrogen-bond acceptors (Lipinski definition) is 5. The topological polar surface area (TPSA) is 48.0 Å². The van der Waals surface area contributed by atoms with E-state index in [2.05, 4.69) is 17.0 Å². The van der Waals surface area contributed by atoms with Gasteiger partial charge >= 0.3 is 5.97 Å². The molecule has 3 rings (SSSR count). The van der Waals surface area contributed by atoms with E-state index in [1.54, 1.807) is 14.2 Å². The summed E-state index contributed by atoms with van der Waals surface area (Å²) in [5.74, 6) is 0.923. The maximum absolute atomic E-state index is 12.9. The van der Waals surface area contributed by atoms with Crippen molar-refractivity contribution in [1.82, 2.24) is 4.90 Å². The first-order chi connectivity index (χ1) is 13.7. The van der Waals surface area contributed by atoms with E-state index in [0.717, 1.165) is 37.2 Å². The molecule has 0 saturated carbocycles. The van der Waals surface area contributed by atoms with Crippen molar-refractivity contribution in [2.75, 3.05) is 27.4 Å². The molecule has 0 N–H and O–H groups in total. The lowest BCUT2D eigenvalue weighted by molar-refractivity contribution is -0.136. The third-order valence-electron chi connectivity index (χ3n) is 4.88. The molecule has 2 aromatic carbocycles. The van der Waals surface area contributed by atoms with Gasteiger partial charge in [-0.05, 0) is 43.0 Å². The van der Waals surface area contributed by atoms with Crippen LogP contribution in [0.1, 0.15) is 30.9 Å². The van der Waals surface area contributed by atoms with Gasteiger partial charge in [-0.3, -0.25) is 0 Å². The molecular formula is C23H27NO4. The van der Waals surface area contributed by atoms with Gasteiger partial charge in [0.1, 0.15) is 0 Å². The van der Waals surface area contributed by atoms with E-state index in [9.17, 15) is 4.79 Å². The average molecular weight is 381 g/mol. The van der Waals surface area contributed by atoms with Gasteiger partial charge < -0.3 is 19.1 Å². The highest BCUT2D eigenvalue weighted by Gasteiger charge is 2.27. The van der Waals surface area contributed by atoms with Gasteiger partial charge in [-0.2, -0.15) is 0 Å². The second-order valence-electron chi connectivity index (χ2n) is 6.62. The predicted molar refractivity (Wildman–Crippen MR) is 109 cm³/mol. The van der Waals surface area contributed by atoms with E-state index < -0.39 is 0 Å². The van der Waals surface area contributed by atoms with Gasteiger partial charge in [-0.25, -0.2) is 4.79 Å². The van der Waals surface area contributed by atoms with Crippen LogP contribution < -0.4 is 9.47 Å². The first-order valence-corrected chi connectivity index (χ1v) is 9.59. The maximum Gasteiger partial charge on any atom is 0.340 e. The molecule has 148 valence electrons. The van der Waals surface area contributed by atoms with Crippen LogP contribution in [0.2, 0.25) is 0 Å². The van der Waals surface area contributed by atoms with Crippen LogP contribution in [0.15, 0.2) is 54.2 Å². The lowest BCUT2D eigenvalue weighted by Gasteiger charge is -2.23. The molecule has 28 heavy (non-hydrogen) atoms. The van der Waals surface area contributed by atoms with Crippen molar-refractivity contribution in [2.45, 2.75) is 26.3 Å². The maximum atomic E-state index is 12.9. The van der Waals surface area contributed by atoms with E-state index >= 15 is 0 Å². The second kappa shape index (κ2) is 9.31. The quantitative estimate of drug-likeness (QED) is 0.529. The fourth-order valence-corrected chi connectivity index (χ4v) is 3.59. The highest BCUT2D eigenvalue weighted by atomic mass is 16.5. The fraction of sp³-hybridized carbons (Fsp3) is 0.348. The zero-order valence-corrected chi connectivity index (χ0v) is 16.7. The minimum atomic E-state index is -0.301. The number of nitrogens with zero attached hydrogens (tertiary/aromatic N) is 1. The van der Waals surface area contributed by atoms with Crippen LogP contribution in [-0.4, -0.2) is 38.2 Å². The third kappa shape index (κ3) is 4.30. The fourth-order valence-electron chi connectivity index (χ4n) is 3.59.